The van der Waals surface area contributed by atoms with Crippen LogP contribution in [0, 0.1) is 34.5 Å². The maximum absolute atomic E-state index is 14.9. The highest BCUT2D eigenvalue weighted by atomic mass is 35.5. The highest BCUT2D eigenvalue weighted by molar-refractivity contribution is 8.01. The number of carbonyl (C=O) groups is 1. The minimum absolute atomic E-state index is 0.0769. The molecule has 1 N–H and O–H groups in total. The van der Waals surface area contributed by atoms with Gasteiger partial charge in [0.1, 0.15) is 16.7 Å². The number of thiazole rings is 1. The Bertz CT molecular complexity index is 1730. The topological polar surface area (TPSA) is 89.3 Å². The maximum Gasteiger partial charge on any atom is 0.342 e. The summed E-state index contributed by atoms with van der Waals surface area (Å²) in [7, 11) is 0. The second-order valence-corrected chi connectivity index (χ2v) is 19.0. The number of nitrogens with zero attached hydrogens (tertiary/aromatic N) is 3. The summed E-state index contributed by atoms with van der Waals surface area (Å²) in [6.45, 7) is 20.1. The first-order valence-corrected chi connectivity index (χ1v) is 19.5. The summed E-state index contributed by atoms with van der Waals surface area (Å²) in [5.41, 5.74) is 1.41. The van der Waals surface area contributed by atoms with Gasteiger partial charge in [0, 0.05) is 39.8 Å². The van der Waals surface area contributed by atoms with Crippen LogP contribution in [0.25, 0.3) is 16.8 Å². The van der Waals surface area contributed by atoms with E-state index in [-0.39, 0.29) is 34.5 Å². The van der Waals surface area contributed by atoms with Crippen LogP contribution in [0.3, 0.4) is 0 Å². The number of hydrogen-bond donors (Lipinski definition) is 1. The monoisotopic (exact) mass is 714 g/mol. The van der Waals surface area contributed by atoms with Crippen molar-refractivity contribution < 1.29 is 9.53 Å². The Labute approximate surface area is 296 Å². The van der Waals surface area contributed by atoms with Crippen molar-refractivity contribution in [3.05, 3.63) is 56.9 Å². The molecular formula is C36H47ClN4O3S3. The lowest BCUT2D eigenvalue weighted by atomic mass is 9.59. The summed E-state index contributed by atoms with van der Waals surface area (Å²) in [6, 6.07) is 7.35. The SMILES string of the molecule is CC(C)CCSc1nc2c(C(=O)OC3C(C(C)(C)C)CC(C)CC3C(C)(C)C)c(-c3ccc(Cl)cc3)c(Sc3nccs3)n2c(=O)[nH]1. The Morgan fingerprint density at radius 1 is 1.11 bits per heavy atom. The fraction of sp³-hybridized carbons (Fsp3) is 0.556. The largest absolute Gasteiger partial charge is 0.458 e. The van der Waals surface area contributed by atoms with Crippen molar-refractivity contribution in [2.45, 2.75) is 102 Å². The molecule has 0 bridgehead atoms. The quantitative estimate of drug-likeness (QED) is 0.136. The predicted octanol–water partition coefficient (Wildman–Crippen LogP) is 10.4. The molecule has 0 radical (unpaired) electrons. The van der Waals surface area contributed by atoms with Crippen molar-refractivity contribution in [2.75, 3.05) is 5.75 Å². The van der Waals surface area contributed by atoms with Gasteiger partial charge in [-0.1, -0.05) is 97.8 Å². The van der Waals surface area contributed by atoms with Gasteiger partial charge in [-0.25, -0.2) is 24.0 Å². The first-order chi connectivity index (χ1) is 22.0. The van der Waals surface area contributed by atoms with Crippen LogP contribution in [0.4, 0.5) is 0 Å². The second-order valence-electron chi connectivity index (χ2n) is 15.4. The molecule has 0 saturated heterocycles. The number of esters is 1. The first-order valence-electron chi connectivity index (χ1n) is 16.4. The Morgan fingerprint density at radius 2 is 1.74 bits per heavy atom. The zero-order chi connectivity index (χ0) is 34.3. The number of halogens is 1. The molecule has 3 aromatic heterocycles. The number of carbonyl (C=O) groups excluding carboxylic acids is 1. The van der Waals surface area contributed by atoms with Crippen molar-refractivity contribution in [1.82, 2.24) is 19.4 Å². The van der Waals surface area contributed by atoms with Gasteiger partial charge in [-0.2, -0.15) is 0 Å². The van der Waals surface area contributed by atoms with E-state index in [2.05, 4.69) is 72.3 Å². The molecule has 4 aromatic rings. The lowest BCUT2D eigenvalue weighted by molar-refractivity contribution is -0.0922. The number of ether oxygens (including phenoxy) is 1. The summed E-state index contributed by atoms with van der Waals surface area (Å²) in [5.74, 6) is 1.69. The van der Waals surface area contributed by atoms with E-state index < -0.39 is 5.97 Å². The van der Waals surface area contributed by atoms with Crippen LogP contribution in [0.15, 0.2) is 55.2 Å². The molecule has 47 heavy (non-hydrogen) atoms. The van der Waals surface area contributed by atoms with Gasteiger partial charge in [-0.15, -0.1) is 11.3 Å². The van der Waals surface area contributed by atoms with Crippen LogP contribution < -0.4 is 5.69 Å². The smallest absolute Gasteiger partial charge is 0.342 e. The van der Waals surface area contributed by atoms with Gasteiger partial charge in [0.15, 0.2) is 15.1 Å². The van der Waals surface area contributed by atoms with Gasteiger partial charge in [0.25, 0.3) is 0 Å². The molecule has 0 amide bonds. The molecule has 5 rings (SSSR count). The van der Waals surface area contributed by atoms with Crippen LogP contribution in [-0.2, 0) is 4.74 Å². The maximum atomic E-state index is 14.9. The van der Waals surface area contributed by atoms with Crippen LogP contribution in [0.1, 0.15) is 91.9 Å². The third-order valence-electron chi connectivity index (χ3n) is 9.17. The van der Waals surface area contributed by atoms with Crippen LogP contribution >= 0.6 is 46.5 Å². The summed E-state index contributed by atoms with van der Waals surface area (Å²) in [4.78, 5) is 41.3. The molecule has 2 unspecified atom stereocenters. The lowest BCUT2D eigenvalue weighted by Gasteiger charge is -2.50. The van der Waals surface area contributed by atoms with Crippen LogP contribution in [0.2, 0.25) is 5.02 Å². The van der Waals surface area contributed by atoms with E-state index in [0.29, 0.717) is 43.8 Å². The number of aromatic amines is 1. The minimum Gasteiger partial charge on any atom is -0.458 e. The molecular weight excluding hydrogens is 668 g/mol. The van der Waals surface area contributed by atoms with Crippen molar-refractivity contribution in [1.29, 1.82) is 0 Å². The van der Waals surface area contributed by atoms with Crippen molar-refractivity contribution in [2.24, 2.45) is 34.5 Å². The summed E-state index contributed by atoms with van der Waals surface area (Å²) >= 11 is 10.6. The molecule has 254 valence electrons. The number of aromatic nitrogens is 4. The van der Waals surface area contributed by atoms with Crippen molar-refractivity contribution in [3.63, 3.8) is 0 Å². The number of H-pyrrole nitrogens is 1. The summed E-state index contributed by atoms with van der Waals surface area (Å²) in [5, 5.41) is 3.52. The molecule has 0 spiro atoms. The van der Waals surface area contributed by atoms with E-state index in [9.17, 15) is 9.59 Å². The molecule has 7 nitrogen and oxygen atoms in total. The Morgan fingerprint density at radius 3 is 2.30 bits per heavy atom. The molecule has 0 aliphatic heterocycles. The normalized spacial score (nSPS) is 20.7. The molecule has 1 aliphatic rings. The number of hydrogen-bond acceptors (Lipinski definition) is 8. The van der Waals surface area contributed by atoms with E-state index in [1.807, 2.05) is 17.5 Å². The molecule has 1 saturated carbocycles. The molecule has 11 heteroatoms. The Balaban J connectivity index is 1.74. The van der Waals surface area contributed by atoms with Crippen molar-refractivity contribution in [3.8, 4) is 11.1 Å². The fourth-order valence-electron chi connectivity index (χ4n) is 6.63. The van der Waals surface area contributed by atoms with E-state index in [1.54, 1.807) is 18.3 Å². The number of rotatable bonds is 9. The van der Waals surface area contributed by atoms with Gasteiger partial charge < -0.3 is 4.74 Å². The van der Waals surface area contributed by atoms with E-state index in [1.165, 1.54) is 39.3 Å². The van der Waals surface area contributed by atoms with Crippen molar-refractivity contribution >= 4 is 58.1 Å². The Kier molecular flexibility index (Phi) is 11.0. The van der Waals surface area contributed by atoms with Gasteiger partial charge in [-0.05, 0) is 71.4 Å². The van der Waals surface area contributed by atoms with Crippen LogP contribution in [-0.4, -0.2) is 37.2 Å². The highest BCUT2D eigenvalue weighted by Gasteiger charge is 2.48. The molecule has 1 fully saturated rings. The van der Waals surface area contributed by atoms with Gasteiger partial charge in [0.2, 0.25) is 0 Å². The third kappa shape index (κ3) is 8.14. The molecule has 1 aliphatic carbocycles. The Hall–Kier alpha value is -2.27. The zero-order valence-corrected chi connectivity index (χ0v) is 32.1. The second kappa shape index (κ2) is 14.3. The van der Waals surface area contributed by atoms with E-state index in [4.69, 9.17) is 21.3 Å². The molecule has 2 atom stereocenters. The summed E-state index contributed by atoms with van der Waals surface area (Å²) in [6.07, 6.45) is 4.36. The lowest BCUT2D eigenvalue weighted by Crippen LogP contribution is -2.49. The third-order valence-corrected chi connectivity index (χ3v) is 12.3. The zero-order valence-electron chi connectivity index (χ0n) is 28.8. The average Bonchev–Trinajstić information content (AvgIpc) is 3.59. The molecule has 3 heterocycles. The number of nitrogens with one attached hydrogen (secondary N) is 1. The predicted molar refractivity (Wildman–Crippen MR) is 196 cm³/mol. The van der Waals surface area contributed by atoms with Gasteiger partial charge in [0.05, 0.1) is 0 Å². The number of fused-ring (bicyclic) bond motifs is 1. The standard InChI is InChI=1S/C36H47ClN4O3S3/c1-20(2)14-16-45-32-39-29-27(31(42)44-28-24(35(4,5)6)18-21(3)19-25(28)36(7,8)9)26(22-10-12-23(37)13-11-22)30(41(29)33(43)40-32)47-34-38-15-17-46-34/h10-13,15,17,20-21,24-25,28H,14,16,18-19H2,1-9H3,(H,39,40,43). The highest BCUT2D eigenvalue weighted by Crippen LogP contribution is 2.50. The van der Waals surface area contributed by atoms with Crippen LogP contribution in [0.5, 0.6) is 0 Å². The number of thioether (sulfide) groups is 1. The van der Waals surface area contributed by atoms with E-state index in [0.717, 1.165) is 34.9 Å². The summed E-state index contributed by atoms with van der Waals surface area (Å²) < 4.78 is 9.04. The van der Waals surface area contributed by atoms with Gasteiger partial charge >= 0.3 is 11.7 Å². The van der Waals surface area contributed by atoms with E-state index >= 15 is 0 Å². The minimum atomic E-state index is -0.460. The fourth-order valence-corrected chi connectivity index (χ4v) is 9.67. The molecule has 1 aromatic carbocycles. The average molecular weight is 715 g/mol. The first kappa shape index (κ1) is 36.0. The number of benzene rings is 1. The van der Waals surface area contributed by atoms with Gasteiger partial charge in [-0.3, -0.25) is 4.98 Å².